The summed E-state index contributed by atoms with van der Waals surface area (Å²) in [6.45, 7) is 4.80. The van der Waals surface area contributed by atoms with Crippen LogP contribution in [0.25, 0.3) is 0 Å². The van der Waals surface area contributed by atoms with Gasteiger partial charge in [0.1, 0.15) is 23.0 Å². The summed E-state index contributed by atoms with van der Waals surface area (Å²) in [6, 6.07) is 15.2. The van der Waals surface area contributed by atoms with E-state index in [1.54, 1.807) is 24.3 Å². The molecule has 0 fully saturated rings. The molecular formula is C21H23N2O4S+. The van der Waals surface area contributed by atoms with Crippen LogP contribution in [0.15, 0.2) is 71.9 Å². The first-order valence-electron chi connectivity index (χ1n) is 8.82. The first-order valence-corrected chi connectivity index (χ1v) is 10.2. The summed E-state index contributed by atoms with van der Waals surface area (Å²) in [5.74, 6) is 0.765. The van der Waals surface area contributed by atoms with Crippen LogP contribution in [0.4, 0.5) is 5.69 Å². The molecule has 0 aliphatic rings. The number of nitrogens with zero attached hydrogens (tertiary/aromatic N) is 1. The van der Waals surface area contributed by atoms with Crippen molar-refractivity contribution < 1.29 is 21.9 Å². The fourth-order valence-corrected chi connectivity index (χ4v) is 3.53. The zero-order valence-electron chi connectivity index (χ0n) is 15.8. The van der Waals surface area contributed by atoms with Crippen molar-refractivity contribution in [1.82, 2.24) is 0 Å². The van der Waals surface area contributed by atoms with Crippen molar-refractivity contribution in [3.05, 3.63) is 78.1 Å². The van der Waals surface area contributed by atoms with Crippen LogP contribution in [-0.4, -0.2) is 15.0 Å². The third-order valence-electron chi connectivity index (χ3n) is 4.08. The Bertz CT molecular complexity index is 1050. The van der Waals surface area contributed by atoms with E-state index in [4.69, 9.17) is 14.7 Å². The van der Waals surface area contributed by atoms with Crippen LogP contribution in [-0.2, 0) is 16.7 Å². The molecule has 2 N–H and O–H groups in total. The van der Waals surface area contributed by atoms with Gasteiger partial charge in [-0.3, -0.25) is 0 Å². The van der Waals surface area contributed by atoms with E-state index in [1.165, 1.54) is 12.1 Å². The van der Waals surface area contributed by atoms with Crippen LogP contribution in [0, 0.1) is 13.8 Å². The molecule has 1 aromatic heterocycles. The van der Waals surface area contributed by atoms with Gasteiger partial charge in [0, 0.05) is 23.9 Å². The van der Waals surface area contributed by atoms with Crippen LogP contribution >= 0.6 is 0 Å². The highest BCUT2D eigenvalue weighted by molar-refractivity contribution is 7.87. The molecule has 3 rings (SSSR count). The Morgan fingerprint density at radius 1 is 0.893 bits per heavy atom. The van der Waals surface area contributed by atoms with Gasteiger partial charge in [-0.15, -0.1) is 0 Å². The molecule has 1 heterocycles. The maximum absolute atomic E-state index is 12.5. The smallest absolute Gasteiger partial charge is 0.339 e. The lowest BCUT2D eigenvalue weighted by Gasteiger charge is -2.11. The van der Waals surface area contributed by atoms with E-state index >= 15 is 0 Å². The van der Waals surface area contributed by atoms with E-state index in [2.05, 4.69) is 0 Å². The Labute approximate surface area is 165 Å². The third-order valence-corrected chi connectivity index (χ3v) is 5.34. The van der Waals surface area contributed by atoms with Gasteiger partial charge in [-0.05, 0) is 43.7 Å². The molecule has 0 saturated carbocycles. The number of aromatic nitrogens is 1. The summed E-state index contributed by atoms with van der Waals surface area (Å²) >= 11 is 0. The van der Waals surface area contributed by atoms with Crippen LogP contribution in [0.1, 0.15) is 11.1 Å². The topological polar surface area (TPSA) is 82.5 Å². The predicted octanol–water partition coefficient (Wildman–Crippen LogP) is 3.02. The standard InChI is InChI=1S/C21H22N2O4S/c1-16-3-5-21(6-4-16)28(24,25)27-20-14-17(2)13-19(15-20)26-12-11-23-9-7-18(22)8-10-23/h3-10,13-15,22H,11-12H2,1-2H3/p+1. The number of hydrogen-bond donors (Lipinski definition) is 1. The molecule has 3 aromatic rings. The Kier molecular flexibility index (Phi) is 5.84. The number of ether oxygens (including phenoxy) is 1. The lowest BCUT2D eigenvalue weighted by atomic mass is 10.2. The largest absolute Gasteiger partial charge is 0.487 e. The van der Waals surface area contributed by atoms with E-state index in [1.807, 2.05) is 49.0 Å². The molecule has 0 aliphatic carbocycles. The second kappa shape index (κ2) is 8.31. The monoisotopic (exact) mass is 399 g/mol. The first kappa shape index (κ1) is 19.7. The number of aryl methyl sites for hydroxylation is 2. The molecule has 2 aromatic carbocycles. The third kappa shape index (κ3) is 5.23. The van der Waals surface area contributed by atoms with Gasteiger partial charge in [0.05, 0.1) is 0 Å². The molecule has 0 saturated heterocycles. The van der Waals surface area contributed by atoms with Gasteiger partial charge in [-0.2, -0.15) is 8.42 Å². The Morgan fingerprint density at radius 3 is 2.21 bits per heavy atom. The SMILES string of the molecule is Cc1ccc(S(=O)(=O)Oc2cc(C)cc(OCC[n+]3ccc(N)cc3)c2)cc1. The summed E-state index contributed by atoms with van der Waals surface area (Å²) in [7, 11) is -3.90. The average molecular weight is 399 g/mol. The number of pyridine rings is 1. The summed E-state index contributed by atoms with van der Waals surface area (Å²) < 4.78 is 38.0. The molecule has 0 amide bonds. The van der Waals surface area contributed by atoms with Crippen LogP contribution < -0.4 is 19.2 Å². The van der Waals surface area contributed by atoms with Gasteiger partial charge in [-0.1, -0.05) is 17.7 Å². The van der Waals surface area contributed by atoms with Crippen molar-refractivity contribution in [2.45, 2.75) is 25.3 Å². The number of nitrogens with two attached hydrogens (primary N) is 1. The molecule has 0 aliphatic heterocycles. The highest BCUT2D eigenvalue weighted by Crippen LogP contribution is 2.25. The van der Waals surface area contributed by atoms with Crippen molar-refractivity contribution in [2.75, 3.05) is 12.3 Å². The van der Waals surface area contributed by atoms with Gasteiger partial charge < -0.3 is 14.7 Å². The van der Waals surface area contributed by atoms with Crippen LogP contribution in [0.2, 0.25) is 0 Å². The van der Waals surface area contributed by atoms with Crippen LogP contribution in [0.3, 0.4) is 0 Å². The van der Waals surface area contributed by atoms with Gasteiger partial charge in [-0.25, -0.2) is 4.57 Å². The molecule has 7 heteroatoms. The van der Waals surface area contributed by atoms with Crippen LogP contribution in [0.5, 0.6) is 11.5 Å². The van der Waals surface area contributed by atoms with Gasteiger partial charge in [0.25, 0.3) is 0 Å². The number of hydrogen-bond acceptors (Lipinski definition) is 5. The van der Waals surface area contributed by atoms with Gasteiger partial charge >= 0.3 is 10.1 Å². The minimum absolute atomic E-state index is 0.113. The summed E-state index contributed by atoms with van der Waals surface area (Å²) in [5, 5.41) is 0. The second-order valence-corrected chi connectivity index (χ2v) is 8.10. The van der Waals surface area contributed by atoms with E-state index in [0.29, 0.717) is 24.6 Å². The quantitative estimate of drug-likeness (QED) is 0.488. The molecule has 0 unspecified atom stereocenters. The maximum Gasteiger partial charge on any atom is 0.339 e. The predicted molar refractivity (Wildman–Crippen MR) is 107 cm³/mol. The minimum atomic E-state index is -3.90. The average Bonchev–Trinajstić information content (AvgIpc) is 2.63. The molecule has 146 valence electrons. The Balaban J connectivity index is 1.68. The summed E-state index contributed by atoms with van der Waals surface area (Å²) in [6.07, 6.45) is 3.75. The van der Waals surface area contributed by atoms with Crippen molar-refractivity contribution in [3.63, 3.8) is 0 Å². The van der Waals surface area contributed by atoms with Crippen molar-refractivity contribution in [1.29, 1.82) is 0 Å². The summed E-state index contributed by atoms with van der Waals surface area (Å²) in [4.78, 5) is 0.113. The highest BCUT2D eigenvalue weighted by Gasteiger charge is 2.17. The molecule has 28 heavy (non-hydrogen) atoms. The zero-order valence-corrected chi connectivity index (χ0v) is 16.6. The minimum Gasteiger partial charge on any atom is -0.487 e. The molecule has 6 nitrogen and oxygen atoms in total. The summed E-state index contributed by atoms with van der Waals surface area (Å²) in [5.41, 5.74) is 8.19. The van der Waals surface area contributed by atoms with E-state index < -0.39 is 10.1 Å². The lowest BCUT2D eigenvalue weighted by Crippen LogP contribution is -2.35. The van der Waals surface area contributed by atoms with Crippen molar-refractivity contribution in [3.8, 4) is 11.5 Å². The molecule has 0 radical (unpaired) electrons. The van der Waals surface area contributed by atoms with Crippen molar-refractivity contribution in [2.24, 2.45) is 0 Å². The molecule has 0 spiro atoms. The highest BCUT2D eigenvalue weighted by atomic mass is 32.2. The second-order valence-electron chi connectivity index (χ2n) is 6.55. The fraction of sp³-hybridized carbons (Fsp3) is 0.190. The van der Waals surface area contributed by atoms with E-state index in [0.717, 1.165) is 11.1 Å². The van der Waals surface area contributed by atoms with E-state index in [9.17, 15) is 8.42 Å². The number of nitrogen functional groups attached to an aromatic ring is 1. The van der Waals surface area contributed by atoms with E-state index in [-0.39, 0.29) is 10.6 Å². The maximum atomic E-state index is 12.5. The number of anilines is 1. The number of benzene rings is 2. The van der Waals surface area contributed by atoms with Gasteiger partial charge in [0.2, 0.25) is 0 Å². The fourth-order valence-electron chi connectivity index (χ4n) is 2.61. The normalized spacial score (nSPS) is 11.2. The molecule has 0 atom stereocenters. The Hall–Kier alpha value is -3.06. The number of rotatable bonds is 7. The zero-order chi connectivity index (χ0) is 20.1. The Morgan fingerprint density at radius 2 is 1.54 bits per heavy atom. The van der Waals surface area contributed by atoms with Crippen molar-refractivity contribution >= 4 is 15.8 Å². The molecular weight excluding hydrogens is 376 g/mol. The molecule has 0 bridgehead atoms. The van der Waals surface area contributed by atoms with Gasteiger partial charge in [0.15, 0.2) is 18.9 Å². The first-order chi connectivity index (χ1) is 13.3. The lowest BCUT2D eigenvalue weighted by molar-refractivity contribution is -0.697.